The van der Waals surface area contributed by atoms with Crippen molar-refractivity contribution in [3.05, 3.63) is 27.5 Å². The van der Waals surface area contributed by atoms with Crippen molar-refractivity contribution in [3.63, 3.8) is 0 Å². The number of aryl methyl sites for hydroxylation is 1. The van der Waals surface area contributed by atoms with Gasteiger partial charge in [-0.1, -0.05) is 6.07 Å². The van der Waals surface area contributed by atoms with Crippen LogP contribution in [-0.2, 0) is 6.42 Å². The lowest BCUT2D eigenvalue weighted by Gasteiger charge is -2.12. The first-order chi connectivity index (χ1) is 6.93. The zero-order valence-electron chi connectivity index (χ0n) is 8.35. The summed E-state index contributed by atoms with van der Waals surface area (Å²) >= 11 is 3.11. The molecule has 0 saturated heterocycles. The Hall–Kier alpha value is -0.610. The Morgan fingerprint density at radius 3 is 2.67 bits per heavy atom. The first-order valence-electron chi connectivity index (χ1n) is 4.82. The monoisotopic (exact) mass is 274 g/mol. The van der Waals surface area contributed by atoms with Crippen LogP contribution < -0.4 is 0 Å². The third-order valence-electron chi connectivity index (χ3n) is 2.78. The standard InChI is InChI=1S/C11H12BrFO2/c1-6-4-7(5-11(15)2-3-11)9(13)10(14)8(6)12/h4,14-15H,2-3,5H2,1H3. The van der Waals surface area contributed by atoms with Crippen LogP contribution in [0.15, 0.2) is 10.5 Å². The Labute approximate surface area is 95.9 Å². The van der Waals surface area contributed by atoms with E-state index in [1.165, 1.54) is 0 Å². The van der Waals surface area contributed by atoms with Crippen molar-refractivity contribution in [2.24, 2.45) is 0 Å². The van der Waals surface area contributed by atoms with Crippen molar-refractivity contribution in [1.29, 1.82) is 0 Å². The molecular weight excluding hydrogens is 263 g/mol. The molecule has 0 atom stereocenters. The maximum absolute atomic E-state index is 13.6. The lowest BCUT2D eigenvalue weighted by Crippen LogP contribution is -2.12. The predicted octanol–water partition coefficient (Wildman–Crippen LogP) is 2.67. The molecule has 1 saturated carbocycles. The summed E-state index contributed by atoms with van der Waals surface area (Å²) < 4.78 is 14.0. The highest BCUT2D eigenvalue weighted by Crippen LogP contribution is 2.41. The Bertz CT molecular complexity index is 414. The smallest absolute Gasteiger partial charge is 0.169 e. The second-order valence-electron chi connectivity index (χ2n) is 4.23. The molecule has 1 aromatic rings. The van der Waals surface area contributed by atoms with Crippen molar-refractivity contribution in [3.8, 4) is 5.75 Å². The molecule has 4 heteroatoms. The SMILES string of the molecule is Cc1cc(CC2(O)CC2)c(F)c(O)c1Br. The molecule has 0 amide bonds. The number of rotatable bonds is 2. The molecule has 2 N–H and O–H groups in total. The number of aliphatic hydroxyl groups is 1. The van der Waals surface area contributed by atoms with E-state index in [4.69, 9.17) is 0 Å². The molecule has 0 spiro atoms. The second-order valence-corrected chi connectivity index (χ2v) is 5.02. The van der Waals surface area contributed by atoms with Gasteiger partial charge in [0.1, 0.15) is 0 Å². The van der Waals surface area contributed by atoms with Gasteiger partial charge >= 0.3 is 0 Å². The average molecular weight is 275 g/mol. The van der Waals surface area contributed by atoms with Crippen LogP contribution in [0.4, 0.5) is 4.39 Å². The molecule has 2 nitrogen and oxygen atoms in total. The normalized spacial score (nSPS) is 17.9. The van der Waals surface area contributed by atoms with E-state index in [0.717, 1.165) is 5.56 Å². The van der Waals surface area contributed by atoms with Gasteiger partial charge in [0.2, 0.25) is 0 Å². The molecule has 0 aromatic heterocycles. The van der Waals surface area contributed by atoms with Crippen molar-refractivity contribution >= 4 is 15.9 Å². The maximum Gasteiger partial charge on any atom is 0.169 e. The van der Waals surface area contributed by atoms with Crippen LogP contribution in [0.2, 0.25) is 0 Å². The predicted molar refractivity (Wildman–Crippen MR) is 58.4 cm³/mol. The van der Waals surface area contributed by atoms with Gasteiger partial charge < -0.3 is 10.2 Å². The first kappa shape index (κ1) is 10.9. The Kier molecular flexibility index (Phi) is 2.51. The number of phenolic OH excluding ortho intramolecular Hbond substituents is 1. The molecule has 2 rings (SSSR count). The molecule has 0 aliphatic heterocycles. The quantitative estimate of drug-likeness (QED) is 0.871. The van der Waals surface area contributed by atoms with E-state index in [-0.39, 0.29) is 12.2 Å². The van der Waals surface area contributed by atoms with Gasteiger partial charge in [0, 0.05) is 6.42 Å². The van der Waals surface area contributed by atoms with E-state index < -0.39 is 11.4 Å². The third kappa shape index (κ3) is 2.01. The van der Waals surface area contributed by atoms with E-state index in [0.29, 0.717) is 22.9 Å². The molecule has 1 fully saturated rings. The van der Waals surface area contributed by atoms with Crippen molar-refractivity contribution < 1.29 is 14.6 Å². The van der Waals surface area contributed by atoms with Gasteiger partial charge in [-0.05, 0) is 46.8 Å². The number of hydrogen-bond donors (Lipinski definition) is 2. The van der Waals surface area contributed by atoms with E-state index in [1.807, 2.05) is 0 Å². The Morgan fingerprint density at radius 1 is 1.53 bits per heavy atom. The molecule has 0 bridgehead atoms. The summed E-state index contributed by atoms with van der Waals surface area (Å²) in [5, 5.41) is 19.2. The lowest BCUT2D eigenvalue weighted by molar-refractivity contribution is 0.149. The van der Waals surface area contributed by atoms with Crippen LogP contribution in [0, 0.1) is 12.7 Å². The van der Waals surface area contributed by atoms with Gasteiger partial charge in [0.15, 0.2) is 11.6 Å². The third-order valence-corrected chi connectivity index (χ3v) is 3.78. The lowest BCUT2D eigenvalue weighted by atomic mass is 10.0. The molecule has 1 aliphatic carbocycles. The fourth-order valence-corrected chi connectivity index (χ4v) is 1.92. The highest BCUT2D eigenvalue weighted by molar-refractivity contribution is 9.10. The van der Waals surface area contributed by atoms with Crippen LogP contribution >= 0.6 is 15.9 Å². The molecular formula is C11H12BrFO2. The molecule has 15 heavy (non-hydrogen) atoms. The van der Waals surface area contributed by atoms with E-state index in [9.17, 15) is 14.6 Å². The molecule has 0 radical (unpaired) electrons. The molecule has 1 aromatic carbocycles. The van der Waals surface area contributed by atoms with Gasteiger partial charge in [0.05, 0.1) is 10.1 Å². The van der Waals surface area contributed by atoms with Crippen LogP contribution in [-0.4, -0.2) is 15.8 Å². The largest absolute Gasteiger partial charge is 0.504 e. The summed E-state index contributed by atoms with van der Waals surface area (Å²) in [5.41, 5.74) is 0.412. The highest BCUT2D eigenvalue weighted by Gasteiger charge is 2.41. The average Bonchev–Trinajstić information content (AvgIpc) is 2.89. The van der Waals surface area contributed by atoms with Gasteiger partial charge in [0.25, 0.3) is 0 Å². The van der Waals surface area contributed by atoms with Crippen LogP contribution in [0.1, 0.15) is 24.0 Å². The fraction of sp³-hybridized carbons (Fsp3) is 0.455. The minimum Gasteiger partial charge on any atom is -0.504 e. The number of phenols is 1. The molecule has 1 aliphatic rings. The van der Waals surface area contributed by atoms with E-state index in [1.54, 1.807) is 13.0 Å². The minimum atomic E-state index is -0.743. The Balaban J connectivity index is 2.39. The molecule has 82 valence electrons. The summed E-state index contributed by atoms with van der Waals surface area (Å²) in [5.74, 6) is -0.998. The van der Waals surface area contributed by atoms with Crippen molar-refractivity contribution in [1.82, 2.24) is 0 Å². The molecule has 0 heterocycles. The van der Waals surface area contributed by atoms with Crippen LogP contribution in [0.5, 0.6) is 5.75 Å². The zero-order chi connectivity index (χ0) is 11.2. The van der Waals surface area contributed by atoms with Gasteiger partial charge in [-0.2, -0.15) is 0 Å². The van der Waals surface area contributed by atoms with Gasteiger partial charge in [-0.3, -0.25) is 0 Å². The van der Waals surface area contributed by atoms with Gasteiger partial charge in [-0.15, -0.1) is 0 Å². The van der Waals surface area contributed by atoms with Crippen LogP contribution in [0.25, 0.3) is 0 Å². The topological polar surface area (TPSA) is 40.5 Å². The Morgan fingerprint density at radius 2 is 2.13 bits per heavy atom. The number of aromatic hydroxyl groups is 1. The zero-order valence-corrected chi connectivity index (χ0v) is 9.94. The van der Waals surface area contributed by atoms with E-state index in [2.05, 4.69) is 15.9 Å². The van der Waals surface area contributed by atoms with Crippen molar-refractivity contribution in [2.75, 3.05) is 0 Å². The summed E-state index contributed by atoms with van der Waals surface area (Å²) in [6.45, 7) is 1.78. The summed E-state index contributed by atoms with van der Waals surface area (Å²) in [6.07, 6.45) is 1.70. The second kappa shape index (κ2) is 3.46. The summed E-state index contributed by atoms with van der Waals surface area (Å²) in [4.78, 5) is 0. The first-order valence-corrected chi connectivity index (χ1v) is 5.61. The molecule has 0 unspecified atom stereocenters. The van der Waals surface area contributed by atoms with Crippen LogP contribution in [0.3, 0.4) is 0 Å². The number of halogens is 2. The number of benzene rings is 1. The summed E-state index contributed by atoms with van der Waals surface area (Å²) in [7, 11) is 0. The minimum absolute atomic E-state index is 0.278. The maximum atomic E-state index is 13.6. The fourth-order valence-electron chi connectivity index (χ4n) is 1.63. The van der Waals surface area contributed by atoms with Gasteiger partial charge in [-0.25, -0.2) is 4.39 Å². The summed E-state index contributed by atoms with van der Waals surface area (Å²) in [6, 6.07) is 1.66. The van der Waals surface area contributed by atoms with E-state index >= 15 is 0 Å². The number of hydrogen-bond acceptors (Lipinski definition) is 2. The highest BCUT2D eigenvalue weighted by atomic mass is 79.9. The van der Waals surface area contributed by atoms with Crippen molar-refractivity contribution in [2.45, 2.75) is 31.8 Å².